The van der Waals surface area contributed by atoms with Gasteiger partial charge in [-0.1, -0.05) is 20.3 Å². The van der Waals surface area contributed by atoms with Gasteiger partial charge in [-0.25, -0.2) is 0 Å². The molecule has 5 heteroatoms. The summed E-state index contributed by atoms with van der Waals surface area (Å²) in [4.78, 5) is 1.49. The highest BCUT2D eigenvalue weighted by atomic mass is 15.6. The van der Waals surface area contributed by atoms with E-state index in [2.05, 4.69) is 29.3 Å². The van der Waals surface area contributed by atoms with Crippen LogP contribution >= 0.6 is 0 Å². The summed E-state index contributed by atoms with van der Waals surface area (Å²) in [7, 11) is 1.78. The molecule has 0 aliphatic heterocycles. The minimum atomic E-state index is -0.148. The van der Waals surface area contributed by atoms with Crippen molar-refractivity contribution in [3.8, 4) is 0 Å². The molecule has 1 aliphatic carbocycles. The topological polar surface area (TPSA) is 69.6 Å². The second kappa shape index (κ2) is 3.80. The zero-order valence-corrected chi connectivity index (χ0v) is 10.4. The summed E-state index contributed by atoms with van der Waals surface area (Å²) in [6.07, 6.45) is 5.31. The van der Waals surface area contributed by atoms with Crippen molar-refractivity contribution in [3.05, 3.63) is 5.82 Å². The van der Waals surface area contributed by atoms with Gasteiger partial charge in [0.2, 0.25) is 0 Å². The number of nitrogens with two attached hydrogens (primary N) is 1. The van der Waals surface area contributed by atoms with Gasteiger partial charge >= 0.3 is 0 Å². The molecule has 0 amide bonds. The molecule has 1 heterocycles. The summed E-state index contributed by atoms with van der Waals surface area (Å²) in [5.41, 5.74) is 6.65. The second-order valence-corrected chi connectivity index (χ2v) is 5.93. The molecule has 0 saturated heterocycles. The van der Waals surface area contributed by atoms with Gasteiger partial charge in [0.05, 0.1) is 7.05 Å². The van der Waals surface area contributed by atoms with E-state index in [1.54, 1.807) is 7.05 Å². The van der Waals surface area contributed by atoms with Crippen LogP contribution in [0.5, 0.6) is 0 Å². The monoisotopic (exact) mass is 223 g/mol. The van der Waals surface area contributed by atoms with Gasteiger partial charge in [-0.05, 0) is 29.9 Å². The predicted octanol–water partition coefficient (Wildman–Crippen LogP) is 1.05. The summed E-state index contributed by atoms with van der Waals surface area (Å²) in [6, 6.07) is 0. The molecular formula is C11H21N5. The Morgan fingerprint density at radius 2 is 2.12 bits per heavy atom. The van der Waals surface area contributed by atoms with Crippen LogP contribution in [0.1, 0.15) is 45.4 Å². The van der Waals surface area contributed by atoms with E-state index in [0.717, 1.165) is 25.1 Å². The standard InChI is InChI=1S/C11H21N5/c1-10(2)5-4-6-11(12,8-10)7-9-13-15-16(3)14-9/h4-8,12H2,1-3H3. The maximum Gasteiger partial charge on any atom is 0.176 e. The van der Waals surface area contributed by atoms with Crippen molar-refractivity contribution in [2.24, 2.45) is 18.2 Å². The summed E-state index contributed by atoms with van der Waals surface area (Å²) < 4.78 is 0. The molecule has 1 fully saturated rings. The highest BCUT2D eigenvalue weighted by Crippen LogP contribution is 2.40. The molecule has 1 aromatic heterocycles. The van der Waals surface area contributed by atoms with Crippen molar-refractivity contribution in [2.45, 2.75) is 51.5 Å². The van der Waals surface area contributed by atoms with E-state index in [1.807, 2.05) is 0 Å². The van der Waals surface area contributed by atoms with Crippen LogP contribution < -0.4 is 5.73 Å². The van der Waals surface area contributed by atoms with Gasteiger partial charge in [-0.2, -0.15) is 4.80 Å². The highest BCUT2D eigenvalue weighted by Gasteiger charge is 2.37. The van der Waals surface area contributed by atoms with Crippen molar-refractivity contribution in [1.82, 2.24) is 20.2 Å². The molecule has 16 heavy (non-hydrogen) atoms. The fourth-order valence-corrected chi connectivity index (χ4v) is 2.91. The average Bonchev–Trinajstić information content (AvgIpc) is 2.47. The third kappa shape index (κ3) is 2.58. The van der Waals surface area contributed by atoms with E-state index in [0.29, 0.717) is 5.41 Å². The molecule has 1 aliphatic rings. The number of aryl methyl sites for hydroxylation is 1. The lowest BCUT2D eigenvalue weighted by atomic mass is 9.67. The average molecular weight is 223 g/mol. The maximum absolute atomic E-state index is 6.46. The summed E-state index contributed by atoms with van der Waals surface area (Å²) >= 11 is 0. The van der Waals surface area contributed by atoms with E-state index < -0.39 is 0 Å². The van der Waals surface area contributed by atoms with Crippen molar-refractivity contribution < 1.29 is 0 Å². The smallest absolute Gasteiger partial charge is 0.176 e. The SMILES string of the molecule is Cn1nnc(CC2(N)CCCC(C)(C)C2)n1. The number of tetrazole rings is 1. The van der Waals surface area contributed by atoms with E-state index in [9.17, 15) is 0 Å². The Morgan fingerprint density at radius 1 is 1.38 bits per heavy atom. The molecule has 2 rings (SSSR count). The first-order valence-electron chi connectivity index (χ1n) is 5.90. The third-order valence-corrected chi connectivity index (χ3v) is 3.42. The van der Waals surface area contributed by atoms with Gasteiger partial charge in [-0.3, -0.25) is 0 Å². The molecule has 1 atom stereocenters. The predicted molar refractivity (Wildman–Crippen MR) is 61.7 cm³/mol. The minimum absolute atomic E-state index is 0.148. The summed E-state index contributed by atoms with van der Waals surface area (Å²) in [6.45, 7) is 4.58. The van der Waals surface area contributed by atoms with Crippen LogP contribution in [0.4, 0.5) is 0 Å². The first kappa shape index (κ1) is 11.5. The van der Waals surface area contributed by atoms with E-state index in [-0.39, 0.29) is 5.54 Å². The van der Waals surface area contributed by atoms with E-state index in [4.69, 9.17) is 5.73 Å². The maximum atomic E-state index is 6.46. The quantitative estimate of drug-likeness (QED) is 0.813. The number of aromatic nitrogens is 4. The Labute approximate surface area is 96.4 Å². The number of hydrogen-bond acceptors (Lipinski definition) is 4. The summed E-state index contributed by atoms with van der Waals surface area (Å²) in [5.74, 6) is 0.766. The molecule has 0 spiro atoms. The zero-order valence-electron chi connectivity index (χ0n) is 10.4. The molecule has 1 saturated carbocycles. The third-order valence-electron chi connectivity index (χ3n) is 3.42. The number of nitrogens with zero attached hydrogens (tertiary/aromatic N) is 4. The van der Waals surface area contributed by atoms with Crippen molar-refractivity contribution in [2.75, 3.05) is 0 Å². The van der Waals surface area contributed by atoms with Gasteiger partial charge in [-0.15, -0.1) is 10.2 Å². The van der Waals surface area contributed by atoms with E-state index >= 15 is 0 Å². The van der Waals surface area contributed by atoms with Crippen molar-refractivity contribution in [3.63, 3.8) is 0 Å². The first-order chi connectivity index (χ1) is 7.39. The lowest BCUT2D eigenvalue weighted by Gasteiger charge is -2.42. The van der Waals surface area contributed by atoms with Gasteiger partial charge in [0, 0.05) is 12.0 Å². The van der Waals surface area contributed by atoms with Crippen LogP contribution in [0.15, 0.2) is 0 Å². The molecule has 90 valence electrons. The number of hydrogen-bond donors (Lipinski definition) is 1. The van der Waals surface area contributed by atoms with Crippen LogP contribution in [0.2, 0.25) is 0 Å². The second-order valence-electron chi connectivity index (χ2n) is 5.93. The minimum Gasteiger partial charge on any atom is -0.325 e. The van der Waals surface area contributed by atoms with Crippen molar-refractivity contribution >= 4 is 0 Å². The molecule has 1 aromatic rings. The zero-order chi connectivity index (χ0) is 11.8. The molecule has 5 nitrogen and oxygen atoms in total. The first-order valence-corrected chi connectivity index (χ1v) is 5.90. The number of rotatable bonds is 2. The Bertz CT molecular complexity index is 370. The summed E-state index contributed by atoms with van der Waals surface area (Å²) in [5, 5.41) is 12.1. The normalized spacial score (nSPS) is 29.2. The van der Waals surface area contributed by atoms with E-state index in [1.165, 1.54) is 17.6 Å². The molecule has 1 unspecified atom stereocenters. The lowest BCUT2D eigenvalue weighted by molar-refractivity contribution is 0.149. The molecule has 2 N–H and O–H groups in total. The van der Waals surface area contributed by atoms with Gasteiger partial charge in [0.15, 0.2) is 5.82 Å². The van der Waals surface area contributed by atoms with Crippen LogP contribution in [0.25, 0.3) is 0 Å². The lowest BCUT2D eigenvalue weighted by Crippen LogP contribution is -2.48. The molecule has 0 aromatic carbocycles. The Morgan fingerprint density at radius 3 is 2.69 bits per heavy atom. The van der Waals surface area contributed by atoms with Crippen LogP contribution in [-0.4, -0.2) is 25.7 Å². The van der Waals surface area contributed by atoms with Crippen LogP contribution in [0, 0.1) is 5.41 Å². The Balaban J connectivity index is 2.07. The van der Waals surface area contributed by atoms with Gasteiger partial charge < -0.3 is 5.73 Å². The fourth-order valence-electron chi connectivity index (χ4n) is 2.91. The Kier molecular flexibility index (Phi) is 2.74. The molecular weight excluding hydrogens is 202 g/mol. The van der Waals surface area contributed by atoms with Gasteiger partial charge in [0.25, 0.3) is 0 Å². The van der Waals surface area contributed by atoms with Crippen molar-refractivity contribution in [1.29, 1.82) is 0 Å². The Hall–Kier alpha value is -0.970. The van der Waals surface area contributed by atoms with Gasteiger partial charge in [0.1, 0.15) is 0 Å². The largest absolute Gasteiger partial charge is 0.325 e. The van der Waals surface area contributed by atoms with Crippen LogP contribution in [0.3, 0.4) is 0 Å². The molecule has 0 radical (unpaired) electrons. The van der Waals surface area contributed by atoms with Crippen LogP contribution in [-0.2, 0) is 13.5 Å². The molecule has 0 bridgehead atoms. The highest BCUT2D eigenvalue weighted by molar-refractivity contribution is 5.00. The fraction of sp³-hybridized carbons (Fsp3) is 0.909.